The van der Waals surface area contributed by atoms with E-state index in [9.17, 15) is 4.79 Å². The van der Waals surface area contributed by atoms with E-state index in [2.05, 4.69) is 0 Å². The van der Waals surface area contributed by atoms with Gasteiger partial charge in [0.05, 0.1) is 0 Å². The minimum absolute atomic E-state index is 0.220. The molecule has 0 saturated heterocycles. The molecule has 0 N–H and O–H groups in total. The summed E-state index contributed by atoms with van der Waals surface area (Å²) in [5.41, 5.74) is 2.20. The molecule has 0 aromatic carbocycles. The average Bonchev–Trinajstić information content (AvgIpc) is 2.47. The van der Waals surface area contributed by atoms with E-state index in [0.717, 1.165) is 35.5 Å². The lowest BCUT2D eigenvalue weighted by molar-refractivity contribution is -0.114. The van der Waals surface area contributed by atoms with Gasteiger partial charge in [-0.05, 0) is 50.0 Å². The third kappa shape index (κ3) is 1.65. The molecule has 0 atom stereocenters. The van der Waals surface area contributed by atoms with E-state index in [-0.39, 0.29) is 5.78 Å². The second-order valence-electron chi connectivity index (χ2n) is 3.84. The van der Waals surface area contributed by atoms with E-state index < -0.39 is 0 Å². The second-order valence-corrected chi connectivity index (χ2v) is 3.84. The Morgan fingerprint density at radius 3 is 2.64 bits per heavy atom. The van der Waals surface area contributed by atoms with E-state index in [1.165, 1.54) is 0 Å². The number of furan rings is 1. The third-order valence-electron chi connectivity index (χ3n) is 2.69. The molecule has 0 bridgehead atoms. The van der Waals surface area contributed by atoms with Crippen molar-refractivity contribution < 1.29 is 9.21 Å². The lowest BCUT2D eigenvalue weighted by Crippen LogP contribution is -2.01. The Labute approximate surface area is 83.6 Å². The SMILES string of the molecule is Cc1cc(C2=CC(=O)CCC2)oc1C. The minimum Gasteiger partial charge on any atom is -0.461 e. The molecule has 2 rings (SSSR count). The van der Waals surface area contributed by atoms with Crippen molar-refractivity contribution in [2.24, 2.45) is 0 Å². The maximum absolute atomic E-state index is 11.2. The van der Waals surface area contributed by atoms with E-state index in [1.807, 2.05) is 19.9 Å². The molecule has 2 heteroatoms. The average molecular weight is 190 g/mol. The molecule has 0 aliphatic heterocycles. The Kier molecular flexibility index (Phi) is 2.28. The number of rotatable bonds is 1. The van der Waals surface area contributed by atoms with Crippen molar-refractivity contribution in [2.45, 2.75) is 33.1 Å². The van der Waals surface area contributed by atoms with E-state index in [4.69, 9.17) is 4.42 Å². The molecule has 1 aliphatic carbocycles. The van der Waals surface area contributed by atoms with Gasteiger partial charge in [-0.2, -0.15) is 0 Å². The fraction of sp³-hybridized carbons (Fsp3) is 0.417. The highest BCUT2D eigenvalue weighted by Gasteiger charge is 2.14. The van der Waals surface area contributed by atoms with Crippen LogP contribution in [0.3, 0.4) is 0 Å². The van der Waals surface area contributed by atoms with Crippen molar-refractivity contribution >= 4 is 11.4 Å². The van der Waals surface area contributed by atoms with Gasteiger partial charge < -0.3 is 4.42 Å². The largest absolute Gasteiger partial charge is 0.461 e. The quantitative estimate of drug-likeness (QED) is 0.681. The van der Waals surface area contributed by atoms with E-state index in [1.54, 1.807) is 6.08 Å². The number of hydrogen-bond donors (Lipinski definition) is 0. The summed E-state index contributed by atoms with van der Waals surface area (Å²) in [5.74, 6) is 2.03. The van der Waals surface area contributed by atoms with Crippen molar-refractivity contribution in [3.8, 4) is 0 Å². The molecular weight excluding hydrogens is 176 g/mol. The maximum Gasteiger partial charge on any atom is 0.156 e. The molecule has 0 radical (unpaired) electrons. The van der Waals surface area contributed by atoms with Gasteiger partial charge in [0.15, 0.2) is 5.78 Å². The summed E-state index contributed by atoms with van der Waals surface area (Å²) in [7, 11) is 0. The molecule has 1 aromatic rings. The van der Waals surface area contributed by atoms with Gasteiger partial charge in [-0.3, -0.25) is 4.79 Å². The summed E-state index contributed by atoms with van der Waals surface area (Å²) in [6.07, 6.45) is 4.31. The van der Waals surface area contributed by atoms with Gasteiger partial charge in [0.2, 0.25) is 0 Å². The van der Waals surface area contributed by atoms with Crippen LogP contribution in [0.5, 0.6) is 0 Å². The molecule has 0 amide bonds. The predicted molar refractivity (Wildman–Crippen MR) is 55.0 cm³/mol. The first kappa shape index (κ1) is 9.25. The van der Waals surface area contributed by atoms with Crippen LogP contribution in [0.2, 0.25) is 0 Å². The van der Waals surface area contributed by atoms with Gasteiger partial charge in [0.1, 0.15) is 11.5 Å². The molecule has 1 heterocycles. The number of carbonyl (C=O) groups is 1. The van der Waals surface area contributed by atoms with Crippen LogP contribution in [-0.4, -0.2) is 5.78 Å². The Morgan fingerprint density at radius 2 is 2.07 bits per heavy atom. The van der Waals surface area contributed by atoms with Gasteiger partial charge in [-0.15, -0.1) is 0 Å². The molecular formula is C12H14O2. The summed E-state index contributed by atoms with van der Waals surface area (Å²) < 4.78 is 5.58. The van der Waals surface area contributed by atoms with Crippen LogP contribution in [0.1, 0.15) is 36.3 Å². The molecule has 0 saturated carbocycles. The number of ketones is 1. The summed E-state index contributed by atoms with van der Waals surface area (Å²) in [6, 6.07) is 2.01. The van der Waals surface area contributed by atoms with Crippen LogP contribution in [0.4, 0.5) is 0 Å². The fourth-order valence-electron chi connectivity index (χ4n) is 1.72. The van der Waals surface area contributed by atoms with Gasteiger partial charge in [0.25, 0.3) is 0 Å². The van der Waals surface area contributed by atoms with Crippen LogP contribution < -0.4 is 0 Å². The van der Waals surface area contributed by atoms with Gasteiger partial charge in [0, 0.05) is 6.42 Å². The third-order valence-corrected chi connectivity index (χ3v) is 2.69. The number of hydrogen-bond acceptors (Lipinski definition) is 2. The number of carbonyl (C=O) groups excluding carboxylic acids is 1. The molecule has 1 aromatic heterocycles. The highest BCUT2D eigenvalue weighted by atomic mass is 16.3. The first-order valence-corrected chi connectivity index (χ1v) is 4.97. The zero-order valence-corrected chi connectivity index (χ0v) is 8.59. The Morgan fingerprint density at radius 1 is 1.29 bits per heavy atom. The fourth-order valence-corrected chi connectivity index (χ4v) is 1.72. The normalized spacial score (nSPS) is 17.0. The van der Waals surface area contributed by atoms with Crippen molar-refractivity contribution in [2.75, 3.05) is 0 Å². The first-order valence-electron chi connectivity index (χ1n) is 4.97. The van der Waals surface area contributed by atoms with Crippen molar-refractivity contribution in [3.63, 3.8) is 0 Å². The molecule has 0 unspecified atom stereocenters. The van der Waals surface area contributed by atoms with Crippen LogP contribution in [0.15, 0.2) is 16.6 Å². The van der Waals surface area contributed by atoms with Gasteiger partial charge in [-0.25, -0.2) is 0 Å². The van der Waals surface area contributed by atoms with E-state index in [0.29, 0.717) is 6.42 Å². The Balaban J connectivity index is 2.35. The number of allylic oxidation sites excluding steroid dienone is 2. The molecule has 1 aliphatic rings. The molecule has 74 valence electrons. The van der Waals surface area contributed by atoms with Crippen LogP contribution in [-0.2, 0) is 4.79 Å². The predicted octanol–water partition coefficient (Wildman–Crippen LogP) is 3.03. The number of aryl methyl sites for hydroxylation is 2. The second kappa shape index (κ2) is 3.45. The van der Waals surface area contributed by atoms with Crippen molar-refractivity contribution in [1.82, 2.24) is 0 Å². The molecule has 0 spiro atoms. The Bertz CT molecular complexity index is 377. The summed E-state index contributed by atoms with van der Waals surface area (Å²) in [4.78, 5) is 11.2. The zero-order valence-electron chi connectivity index (χ0n) is 8.59. The topological polar surface area (TPSA) is 30.2 Å². The highest BCUT2D eigenvalue weighted by molar-refractivity contribution is 5.97. The summed E-state index contributed by atoms with van der Waals surface area (Å²) >= 11 is 0. The Hall–Kier alpha value is -1.31. The zero-order chi connectivity index (χ0) is 10.1. The first-order chi connectivity index (χ1) is 6.66. The standard InChI is InChI=1S/C12H14O2/c1-8-6-12(14-9(8)2)10-4-3-5-11(13)7-10/h6-7H,3-5H2,1-2H3. The molecule has 0 fully saturated rings. The van der Waals surface area contributed by atoms with Crippen LogP contribution in [0, 0.1) is 13.8 Å². The van der Waals surface area contributed by atoms with Gasteiger partial charge in [-0.1, -0.05) is 0 Å². The lowest BCUT2D eigenvalue weighted by Gasteiger charge is -2.08. The van der Waals surface area contributed by atoms with Gasteiger partial charge >= 0.3 is 0 Å². The maximum atomic E-state index is 11.2. The molecule has 14 heavy (non-hydrogen) atoms. The monoisotopic (exact) mass is 190 g/mol. The van der Waals surface area contributed by atoms with Crippen molar-refractivity contribution in [1.29, 1.82) is 0 Å². The summed E-state index contributed by atoms with van der Waals surface area (Å²) in [5, 5.41) is 0. The van der Waals surface area contributed by atoms with Crippen LogP contribution >= 0.6 is 0 Å². The van der Waals surface area contributed by atoms with Crippen LogP contribution in [0.25, 0.3) is 5.57 Å². The summed E-state index contributed by atoms with van der Waals surface area (Å²) in [6.45, 7) is 3.97. The highest BCUT2D eigenvalue weighted by Crippen LogP contribution is 2.28. The lowest BCUT2D eigenvalue weighted by atomic mass is 9.97. The van der Waals surface area contributed by atoms with E-state index >= 15 is 0 Å². The van der Waals surface area contributed by atoms with Crippen molar-refractivity contribution in [3.05, 3.63) is 29.2 Å². The minimum atomic E-state index is 0.220. The smallest absolute Gasteiger partial charge is 0.156 e. The molecule has 2 nitrogen and oxygen atoms in total.